The molecule has 0 saturated heterocycles. The first kappa shape index (κ1) is 26.3. The SMILES string of the molecule is CS(=O)(=O)c1ccccc1-c1ccc(NC(=O)[C@H]2CCCC[C@H]2NC(=O)c2cc3ccc(Cl)nc3s2)cc1. The number of rotatable bonds is 6. The zero-order chi connectivity index (χ0) is 26.9. The molecule has 10 heteroatoms. The fourth-order valence-electron chi connectivity index (χ4n) is 4.86. The molecular formula is C28H26ClN3O4S2. The quantitative estimate of drug-likeness (QED) is 0.280. The van der Waals surface area contributed by atoms with E-state index >= 15 is 0 Å². The van der Waals surface area contributed by atoms with E-state index in [0.717, 1.165) is 30.2 Å². The van der Waals surface area contributed by atoms with Gasteiger partial charge in [-0.25, -0.2) is 13.4 Å². The number of hydrogen-bond acceptors (Lipinski definition) is 6. The fourth-order valence-corrected chi connectivity index (χ4v) is 6.90. The molecule has 5 rings (SSSR count). The number of carbonyl (C=O) groups excluding carboxylic acids is 2. The molecule has 1 saturated carbocycles. The number of carbonyl (C=O) groups is 2. The van der Waals surface area contributed by atoms with Crippen LogP contribution in [0.15, 0.2) is 71.6 Å². The summed E-state index contributed by atoms with van der Waals surface area (Å²) in [6.45, 7) is 0. The first-order valence-electron chi connectivity index (χ1n) is 12.3. The molecule has 0 aliphatic heterocycles. The van der Waals surface area contributed by atoms with E-state index in [9.17, 15) is 18.0 Å². The Kier molecular flexibility index (Phi) is 7.52. The molecule has 0 radical (unpaired) electrons. The fraction of sp³-hybridized carbons (Fsp3) is 0.250. The van der Waals surface area contributed by atoms with Crippen LogP contribution in [-0.2, 0) is 14.6 Å². The molecule has 0 unspecified atom stereocenters. The van der Waals surface area contributed by atoms with E-state index in [2.05, 4.69) is 15.6 Å². The Balaban J connectivity index is 1.28. The lowest BCUT2D eigenvalue weighted by atomic mass is 9.83. The lowest BCUT2D eigenvalue weighted by molar-refractivity contribution is -0.121. The molecule has 196 valence electrons. The normalized spacial score (nSPS) is 17.7. The third-order valence-electron chi connectivity index (χ3n) is 6.74. The van der Waals surface area contributed by atoms with Gasteiger partial charge in [0.1, 0.15) is 9.98 Å². The summed E-state index contributed by atoms with van der Waals surface area (Å²) in [5.41, 5.74) is 1.96. The Hall–Kier alpha value is -3.27. The van der Waals surface area contributed by atoms with Crippen LogP contribution >= 0.6 is 22.9 Å². The van der Waals surface area contributed by atoms with Gasteiger partial charge in [-0.1, -0.05) is 54.8 Å². The Morgan fingerprint density at radius 1 is 1.00 bits per heavy atom. The number of amides is 2. The second-order valence-corrected chi connectivity index (χ2v) is 12.8. The van der Waals surface area contributed by atoms with Gasteiger partial charge in [-0.2, -0.15) is 0 Å². The highest BCUT2D eigenvalue weighted by Crippen LogP contribution is 2.31. The molecule has 0 bridgehead atoms. The minimum absolute atomic E-state index is 0.149. The topological polar surface area (TPSA) is 105 Å². The van der Waals surface area contributed by atoms with E-state index in [4.69, 9.17) is 11.6 Å². The van der Waals surface area contributed by atoms with Crippen LogP contribution in [0.4, 0.5) is 5.69 Å². The van der Waals surface area contributed by atoms with Crippen LogP contribution in [0, 0.1) is 5.92 Å². The Bertz CT molecular complexity index is 1620. The van der Waals surface area contributed by atoms with Crippen molar-refractivity contribution in [3.8, 4) is 11.1 Å². The van der Waals surface area contributed by atoms with Crippen molar-refractivity contribution in [1.29, 1.82) is 0 Å². The molecule has 2 amide bonds. The van der Waals surface area contributed by atoms with Gasteiger partial charge in [0.2, 0.25) is 5.91 Å². The average Bonchev–Trinajstić information content (AvgIpc) is 3.32. The number of pyridine rings is 1. The van der Waals surface area contributed by atoms with E-state index in [0.29, 0.717) is 32.5 Å². The van der Waals surface area contributed by atoms with Crippen LogP contribution < -0.4 is 10.6 Å². The van der Waals surface area contributed by atoms with E-state index in [1.807, 2.05) is 6.07 Å². The molecule has 2 aromatic carbocycles. The number of benzene rings is 2. The van der Waals surface area contributed by atoms with Gasteiger partial charge in [0.15, 0.2) is 9.84 Å². The number of anilines is 1. The standard InChI is InChI=1S/C28H26ClN3O4S2/c1-38(35,36)24-9-5-3-6-20(24)17-10-13-19(14-11-17)30-26(33)21-7-2-4-8-22(21)31-27(34)23-16-18-12-15-25(29)32-28(18)37-23/h3,5-6,9-16,21-22H,2,4,7-8H2,1H3,(H,30,33)(H,31,34)/t21-,22+/m0/s1. The van der Waals surface area contributed by atoms with Crippen molar-refractivity contribution in [3.05, 3.63) is 76.8 Å². The van der Waals surface area contributed by atoms with Crippen LogP contribution in [0.3, 0.4) is 0 Å². The molecule has 4 aromatic rings. The van der Waals surface area contributed by atoms with Crippen molar-refractivity contribution in [2.45, 2.75) is 36.6 Å². The zero-order valence-electron chi connectivity index (χ0n) is 20.6. The Morgan fingerprint density at radius 3 is 2.50 bits per heavy atom. The minimum atomic E-state index is -3.38. The monoisotopic (exact) mass is 567 g/mol. The highest BCUT2D eigenvalue weighted by molar-refractivity contribution is 7.90. The summed E-state index contributed by atoms with van der Waals surface area (Å²) in [7, 11) is -3.38. The summed E-state index contributed by atoms with van der Waals surface area (Å²) < 4.78 is 24.4. The lowest BCUT2D eigenvalue weighted by Crippen LogP contribution is -2.46. The smallest absolute Gasteiger partial charge is 0.261 e. The maximum absolute atomic E-state index is 13.3. The van der Waals surface area contributed by atoms with E-state index < -0.39 is 9.84 Å². The number of nitrogens with one attached hydrogen (secondary N) is 2. The maximum Gasteiger partial charge on any atom is 0.261 e. The lowest BCUT2D eigenvalue weighted by Gasteiger charge is -2.31. The van der Waals surface area contributed by atoms with Gasteiger partial charge in [-0.3, -0.25) is 9.59 Å². The summed E-state index contributed by atoms with van der Waals surface area (Å²) in [5, 5.41) is 7.28. The number of aromatic nitrogens is 1. The summed E-state index contributed by atoms with van der Waals surface area (Å²) in [5.74, 6) is -0.730. The number of fused-ring (bicyclic) bond motifs is 1. The van der Waals surface area contributed by atoms with Crippen LogP contribution in [-0.4, -0.2) is 37.5 Å². The van der Waals surface area contributed by atoms with Crippen molar-refractivity contribution in [1.82, 2.24) is 10.3 Å². The summed E-state index contributed by atoms with van der Waals surface area (Å²) >= 11 is 7.25. The maximum atomic E-state index is 13.3. The second-order valence-electron chi connectivity index (χ2n) is 9.44. The number of sulfone groups is 1. The van der Waals surface area contributed by atoms with Gasteiger partial charge in [0.25, 0.3) is 5.91 Å². The molecule has 1 aliphatic carbocycles. The van der Waals surface area contributed by atoms with Crippen molar-refractivity contribution in [2.75, 3.05) is 11.6 Å². The van der Waals surface area contributed by atoms with E-state index in [-0.39, 0.29) is 28.7 Å². The number of nitrogens with zero attached hydrogens (tertiary/aromatic N) is 1. The first-order chi connectivity index (χ1) is 18.2. The van der Waals surface area contributed by atoms with Crippen LogP contribution in [0.2, 0.25) is 5.15 Å². The van der Waals surface area contributed by atoms with Gasteiger partial charge in [0.05, 0.1) is 15.7 Å². The highest BCUT2D eigenvalue weighted by Gasteiger charge is 2.32. The average molecular weight is 568 g/mol. The number of hydrogen-bond donors (Lipinski definition) is 2. The molecule has 2 N–H and O–H groups in total. The van der Waals surface area contributed by atoms with Gasteiger partial charge in [-0.05, 0) is 54.8 Å². The molecule has 38 heavy (non-hydrogen) atoms. The largest absolute Gasteiger partial charge is 0.348 e. The van der Waals surface area contributed by atoms with Crippen molar-refractivity contribution >= 4 is 60.5 Å². The third kappa shape index (κ3) is 5.75. The molecule has 2 atom stereocenters. The second kappa shape index (κ2) is 10.8. The third-order valence-corrected chi connectivity index (χ3v) is 9.15. The van der Waals surface area contributed by atoms with Gasteiger partial charge in [-0.15, -0.1) is 11.3 Å². The van der Waals surface area contributed by atoms with Crippen molar-refractivity contribution < 1.29 is 18.0 Å². The molecular weight excluding hydrogens is 542 g/mol. The molecule has 2 aromatic heterocycles. The number of halogens is 1. The van der Waals surface area contributed by atoms with Crippen LogP contribution in [0.25, 0.3) is 21.3 Å². The van der Waals surface area contributed by atoms with Gasteiger partial charge >= 0.3 is 0 Å². The van der Waals surface area contributed by atoms with Crippen LogP contribution in [0.1, 0.15) is 35.4 Å². The predicted molar refractivity (Wildman–Crippen MR) is 151 cm³/mol. The zero-order valence-corrected chi connectivity index (χ0v) is 23.0. The minimum Gasteiger partial charge on any atom is -0.348 e. The Labute approximate surface area is 230 Å². The van der Waals surface area contributed by atoms with Crippen LogP contribution in [0.5, 0.6) is 0 Å². The predicted octanol–water partition coefficient (Wildman–Crippen LogP) is 5.95. The highest BCUT2D eigenvalue weighted by atomic mass is 35.5. The summed E-state index contributed by atoms with van der Waals surface area (Å²) in [4.78, 5) is 32.0. The Morgan fingerprint density at radius 2 is 1.74 bits per heavy atom. The molecule has 1 fully saturated rings. The summed E-state index contributed by atoms with van der Waals surface area (Å²) in [6.07, 6.45) is 4.44. The van der Waals surface area contributed by atoms with Crippen molar-refractivity contribution in [3.63, 3.8) is 0 Å². The molecule has 2 heterocycles. The number of thiophene rings is 1. The molecule has 1 aliphatic rings. The molecule has 0 spiro atoms. The van der Waals surface area contributed by atoms with Gasteiger partial charge < -0.3 is 10.6 Å². The van der Waals surface area contributed by atoms with E-state index in [1.54, 1.807) is 60.7 Å². The molecule has 7 nitrogen and oxygen atoms in total. The van der Waals surface area contributed by atoms with Crippen molar-refractivity contribution in [2.24, 2.45) is 5.92 Å². The van der Waals surface area contributed by atoms with Gasteiger partial charge in [0, 0.05) is 28.9 Å². The summed E-state index contributed by atoms with van der Waals surface area (Å²) in [6, 6.07) is 19.0. The first-order valence-corrected chi connectivity index (χ1v) is 15.3. The van der Waals surface area contributed by atoms with E-state index in [1.165, 1.54) is 17.6 Å².